The molecule has 1 aliphatic carbocycles. The maximum Gasteiger partial charge on any atom is 0.146 e. The number of rotatable bonds is 6. The molecule has 7 heteroatoms. The molecule has 7 nitrogen and oxygen atoms in total. The van der Waals surface area contributed by atoms with Crippen LogP contribution in [0.3, 0.4) is 0 Å². The lowest BCUT2D eigenvalue weighted by Crippen LogP contribution is -2.39. The zero-order valence-corrected chi connectivity index (χ0v) is 21.8. The van der Waals surface area contributed by atoms with Crippen LogP contribution in [0.4, 0.5) is 5.82 Å². The van der Waals surface area contributed by atoms with Crippen molar-refractivity contribution in [2.45, 2.75) is 50.2 Å². The zero-order chi connectivity index (χ0) is 25.4. The summed E-state index contributed by atoms with van der Waals surface area (Å²) in [6.07, 6.45) is 9.88. The highest BCUT2D eigenvalue weighted by Crippen LogP contribution is 2.39. The Balaban J connectivity index is 1.22. The van der Waals surface area contributed by atoms with E-state index in [1.165, 1.54) is 32.4 Å². The molecule has 6 rings (SSSR count). The molecule has 2 aromatic heterocycles. The first-order chi connectivity index (χ1) is 18.1. The summed E-state index contributed by atoms with van der Waals surface area (Å²) in [5.74, 6) is 2.16. The third-order valence-corrected chi connectivity index (χ3v) is 8.28. The number of likely N-dealkylation sites (tertiary alicyclic amines) is 1. The molecule has 2 aromatic carbocycles. The van der Waals surface area contributed by atoms with Gasteiger partial charge >= 0.3 is 0 Å². The van der Waals surface area contributed by atoms with Crippen molar-refractivity contribution in [1.29, 1.82) is 0 Å². The molecule has 1 atom stereocenters. The van der Waals surface area contributed by atoms with Crippen LogP contribution < -0.4 is 10.5 Å². The topological polar surface area (TPSA) is 72.4 Å². The van der Waals surface area contributed by atoms with Crippen LogP contribution in [0.2, 0.25) is 0 Å². The van der Waals surface area contributed by atoms with Gasteiger partial charge in [-0.1, -0.05) is 30.3 Å². The van der Waals surface area contributed by atoms with Crippen molar-refractivity contribution in [2.24, 2.45) is 0 Å². The highest BCUT2D eigenvalue weighted by Gasteiger charge is 2.33. The highest BCUT2D eigenvalue weighted by molar-refractivity contribution is 6.00. The first-order valence-electron chi connectivity index (χ1n) is 13.4. The minimum atomic E-state index is 0.426. The number of nitrogens with zero attached hydrogens (tertiary/aromatic N) is 5. The lowest BCUT2D eigenvalue weighted by molar-refractivity contribution is 0.156. The maximum atomic E-state index is 6.41. The van der Waals surface area contributed by atoms with E-state index in [-0.39, 0.29) is 0 Å². The second-order valence-electron chi connectivity index (χ2n) is 10.7. The Hall–Kier alpha value is -3.42. The van der Waals surface area contributed by atoms with Crippen LogP contribution in [-0.2, 0) is 0 Å². The number of nitrogen functional groups attached to an aromatic ring is 1. The number of likely N-dealkylation sites (N-methyl/N-ethyl adjacent to an activating group) is 1. The van der Waals surface area contributed by atoms with Gasteiger partial charge in [-0.2, -0.15) is 0 Å². The molecule has 192 valence electrons. The Bertz CT molecular complexity index is 1340. The van der Waals surface area contributed by atoms with Gasteiger partial charge in [0, 0.05) is 43.0 Å². The molecular formula is C30H36N6O. The number of para-hydroxylation sites is 1. The van der Waals surface area contributed by atoms with E-state index in [0.29, 0.717) is 23.9 Å². The quantitative estimate of drug-likeness (QED) is 0.375. The summed E-state index contributed by atoms with van der Waals surface area (Å²) in [7, 11) is 4.41. The first-order valence-corrected chi connectivity index (χ1v) is 13.4. The summed E-state index contributed by atoms with van der Waals surface area (Å²) in [5, 5.41) is 0.940. The average Bonchev–Trinajstić information content (AvgIpc) is 3.57. The molecule has 4 aromatic rings. The molecule has 1 saturated heterocycles. The van der Waals surface area contributed by atoms with Crippen molar-refractivity contribution in [1.82, 2.24) is 24.3 Å². The average molecular weight is 497 g/mol. The summed E-state index contributed by atoms with van der Waals surface area (Å²) in [6, 6.07) is 19.9. The van der Waals surface area contributed by atoms with E-state index in [9.17, 15) is 0 Å². The largest absolute Gasteiger partial charge is 0.457 e. The predicted octanol–water partition coefficient (Wildman–Crippen LogP) is 5.59. The molecule has 3 heterocycles. The molecule has 0 spiro atoms. The summed E-state index contributed by atoms with van der Waals surface area (Å²) >= 11 is 0. The lowest BCUT2D eigenvalue weighted by Gasteiger charge is -2.35. The standard InChI is InChI=1S/C30H36N6O/c1-34(2)24-16-17-35(18-24)22-10-12-23(13-11-22)36-19-27(28-29(31)32-20-33-30(28)36)21-8-14-26(15-9-21)37-25-6-4-3-5-7-25/h3-9,14-15,19-20,22-24H,10-13,16-18H2,1-2H3,(H2,31,32,33)/t22?,23?,24-/m0/s1. The van der Waals surface area contributed by atoms with Crippen molar-refractivity contribution in [2.75, 3.05) is 32.9 Å². The molecule has 2 fully saturated rings. The molecule has 0 radical (unpaired) electrons. The van der Waals surface area contributed by atoms with Gasteiger partial charge < -0.3 is 19.9 Å². The van der Waals surface area contributed by atoms with Gasteiger partial charge in [-0.05, 0) is 76.0 Å². The van der Waals surface area contributed by atoms with E-state index >= 15 is 0 Å². The molecule has 2 aliphatic rings. The number of benzene rings is 2. The monoisotopic (exact) mass is 496 g/mol. The SMILES string of the molecule is CN(C)[C@H]1CCN(C2CCC(n3cc(-c4ccc(Oc5ccccc5)cc4)c4c(N)ncnc43)CC2)C1. The third kappa shape index (κ3) is 4.81. The van der Waals surface area contributed by atoms with Gasteiger partial charge in [0.15, 0.2) is 0 Å². The Morgan fingerprint density at radius 2 is 1.57 bits per heavy atom. The Morgan fingerprint density at radius 1 is 0.865 bits per heavy atom. The van der Waals surface area contributed by atoms with Gasteiger partial charge in [0.2, 0.25) is 0 Å². The van der Waals surface area contributed by atoms with Crippen molar-refractivity contribution >= 4 is 16.9 Å². The summed E-state index contributed by atoms with van der Waals surface area (Å²) in [5.41, 5.74) is 9.51. The van der Waals surface area contributed by atoms with Gasteiger partial charge in [-0.3, -0.25) is 4.90 Å². The summed E-state index contributed by atoms with van der Waals surface area (Å²) in [4.78, 5) is 14.1. The molecule has 1 aliphatic heterocycles. The predicted molar refractivity (Wildman–Crippen MR) is 149 cm³/mol. The van der Waals surface area contributed by atoms with Crippen LogP contribution in [0, 0.1) is 0 Å². The van der Waals surface area contributed by atoms with E-state index in [1.54, 1.807) is 6.33 Å². The van der Waals surface area contributed by atoms with E-state index in [0.717, 1.165) is 46.5 Å². The number of fused-ring (bicyclic) bond motifs is 1. The van der Waals surface area contributed by atoms with E-state index in [4.69, 9.17) is 15.5 Å². The van der Waals surface area contributed by atoms with E-state index < -0.39 is 0 Å². The minimum absolute atomic E-state index is 0.426. The second-order valence-corrected chi connectivity index (χ2v) is 10.7. The smallest absolute Gasteiger partial charge is 0.146 e. The van der Waals surface area contributed by atoms with Gasteiger partial charge in [0.05, 0.1) is 5.39 Å². The second kappa shape index (κ2) is 10.1. The van der Waals surface area contributed by atoms with Crippen molar-refractivity contribution in [3.63, 3.8) is 0 Å². The number of nitrogens with two attached hydrogens (primary N) is 1. The lowest BCUT2D eigenvalue weighted by atomic mass is 9.90. The Morgan fingerprint density at radius 3 is 2.27 bits per heavy atom. The fourth-order valence-electron chi connectivity index (χ4n) is 6.16. The number of ether oxygens (including phenoxy) is 1. The number of anilines is 1. The molecule has 1 saturated carbocycles. The molecule has 37 heavy (non-hydrogen) atoms. The number of hydrogen-bond acceptors (Lipinski definition) is 6. The van der Waals surface area contributed by atoms with Gasteiger partial charge in [-0.25, -0.2) is 9.97 Å². The first kappa shape index (κ1) is 23.9. The summed E-state index contributed by atoms with van der Waals surface area (Å²) in [6.45, 7) is 2.43. The molecule has 0 bridgehead atoms. The van der Waals surface area contributed by atoms with Crippen LogP contribution >= 0.6 is 0 Å². The normalized spacial score (nSPS) is 22.6. The molecular weight excluding hydrogens is 460 g/mol. The third-order valence-electron chi connectivity index (χ3n) is 8.28. The van der Waals surface area contributed by atoms with E-state index in [1.807, 2.05) is 42.5 Å². The van der Waals surface area contributed by atoms with Crippen LogP contribution in [-0.4, -0.2) is 63.6 Å². The van der Waals surface area contributed by atoms with E-state index in [2.05, 4.69) is 51.8 Å². The van der Waals surface area contributed by atoms with Crippen LogP contribution in [0.25, 0.3) is 22.2 Å². The maximum absolute atomic E-state index is 6.41. The van der Waals surface area contributed by atoms with Gasteiger partial charge in [-0.15, -0.1) is 0 Å². The molecule has 0 amide bonds. The molecule has 0 unspecified atom stereocenters. The Kier molecular flexibility index (Phi) is 6.57. The van der Waals surface area contributed by atoms with Crippen LogP contribution in [0.5, 0.6) is 11.5 Å². The van der Waals surface area contributed by atoms with Crippen LogP contribution in [0.1, 0.15) is 38.1 Å². The van der Waals surface area contributed by atoms with Crippen LogP contribution in [0.15, 0.2) is 67.1 Å². The number of hydrogen-bond donors (Lipinski definition) is 1. The summed E-state index contributed by atoms with van der Waals surface area (Å²) < 4.78 is 8.35. The van der Waals surface area contributed by atoms with Gasteiger partial charge in [0.1, 0.15) is 29.3 Å². The van der Waals surface area contributed by atoms with Crippen molar-refractivity contribution < 1.29 is 4.74 Å². The number of aromatic nitrogens is 3. The van der Waals surface area contributed by atoms with Crippen molar-refractivity contribution in [3.05, 3.63) is 67.1 Å². The van der Waals surface area contributed by atoms with Gasteiger partial charge in [0.25, 0.3) is 0 Å². The fourth-order valence-corrected chi connectivity index (χ4v) is 6.16. The van der Waals surface area contributed by atoms with Crippen molar-refractivity contribution in [3.8, 4) is 22.6 Å². The Labute approximate surface area is 218 Å². The zero-order valence-electron chi connectivity index (χ0n) is 21.8. The minimum Gasteiger partial charge on any atom is -0.457 e. The fraction of sp³-hybridized carbons (Fsp3) is 0.400. The highest BCUT2D eigenvalue weighted by atomic mass is 16.5. The molecule has 2 N–H and O–H groups in total.